The highest BCUT2D eigenvalue weighted by molar-refractivity contribution is 6.31. The SMILES string of the molecule is O=C(O)/C=C/CNC(=O)c1cc(Cl)cc(NC(=O)OCC2c3ccccc3-c3ccccc32)c1. The molecular formula is C26H21ClN2O5. The standard InChI is InChI=1S/C26H21ClN2O5/c27-17-12-16(25(32)28-11-5-10-24(30)31)13-18(14-17)29-26(33)34-15-23-21-8-3-1-6-19(21)20-7-2-4-9-22(20)23/h1-10,12-14,23H,11,15H2,(H,28,32)(H,29,33)(H,30,31)/b10-5+. The summed E-state index contributed by atoms with van der Waals surface area (Å²) in [5.41, 5.74) is 5.00. The topological polar surface area (TPSA) is 105 Å². The number of nitrogens with one attached hydrogen (secondary N) is 2. The van der Waals surface area contributed by atoms with E-state index in [-0.39, 0.29) is 29.7 Å². The molecule has 1 aliphatic carbocycles. The molecule has 0 aliphatic heterocycles. The number of benzene rings is 3. The van der Waals surface area contributed by atoms with E-state index in [1.807, 2.05) is 36.4 Å². The summed E-state index contributed by atoms with van der Waals surface area (Å²) in [7, 11) is 0. The van der Waals surface area contributed by atoms with Crippen molar-refractivity contribution in [2.45, 2.75) is 5.92 Å². The molecule has 0 radical (unpaired) electrons. The summed E-state index contributed by atoms with van der Waals surface area (Å²) >= 11 is 6.11. The number of fused-ring (bicyclic) bond motifs is 3. The summed E-state index contributed by atoms with van der Waals surface area (Å²) < 4.78 is 5.53. The third kappa shape index (κ3) is 5.27. The van der Waals surface area contributed by atoms with E-state index in [2.05, 4.69) is 22.8 Å². The number of carbonyl (C=O) groups excluding carboxylic acids is 2. The molecular weight excluding hydrogens is 456 g/mol. The molecule has 2 amide bonds. The van der Waals surface area contributed by atoms with Gasteiger partial charge in [0.2, 0.25) is 0 Å². The summed E-state index contributed by atoms with van der Waals surface area (Å²) in [4.78, 5) is 35.3. The van der Waals surface area contributed by atoms with Gasteiger partial charge in [0.05, 0.1) is 0 Å². The van der Waals surface area contributed by atoms with Crippen LogP contribution in [-0.4, -0.2) is 36.2 Å². The Balaban J connectivity index is 1.40. The van der Waals surface area contributed by atoms with Gasteiger partial charge in [-0.2, -0.15) is 0 Å². The normalized spacial score (nSPS) is 12.1. The highest BCUT2D eigenvalue weighted by Crippen LogP contribution is 2.44. The second kappa shape index (κ2) is 10.2. The van der Waals surface area contributed by atoms with E-state index >= 15 is 0 Å². The molecule has 34 heavy (non-hydrogen) atoms. The van der Waals surface area contributed by atoms with Gasteiger partial charge in [0, 0.05) is 34.8 Å². The molecule has 172 valence electrons. The maximum Gasteiger partial charge on any atom is 0.411 e. The Bertz CT molecular complexity index is 1240. The van der Waals surface area contributed by atoms with Crippen molar-refractivity contribution in [3.05, 3.63) is 101 Å². The maximum absolute atomic E-state index is 12.5. The molecule has 3 aromatic rings. The lowest BCUT2D eigenvalue weighted by Crippen LogP contribution is -2.24. The molecule has 3 aromatic carbocycles. The van der Waals surface area contributed by atoms with Crippen LogP contribution in [0.5, 0.6) is 0 Å². The summed E-state index contributed by atoms with van der Waals surface area (Å²) in [5.74, 6) is -1.64. The van der Waals surface area contributed by atoms with Crippen LogP contribution in [0.4, 0.5) is 10.5 Å². The van der Waals surface area contributed by atoms with Crippen LogP contribution in [0.1, 0.15) is 27.4 Å². The van der Waals surface area contributed by atoms with Crippen molar-refractivity contribution in [1.29, 1.82) is 0 Å². The highest BCUT2D eigenvalue weighted by atomic mass is 35.5. The lowest BCUT2D eigenvalue weighted by Gasteiger charge is -2.15. The molecule has 8 heteroatoms. The van der Waals surface area contributed by atoms with Crippen LogP contribution in [0.3, 0.4) is 0 Å². The summed E-state index contributed by atoms with van der Waals surface area (Å²) in [5, 5.41) is 14.0. The van der Waals surface area contributed by atoms with Crippen LogP contribution in [0.2, 0.25) is 5.02 Å². The Morgan fingerprint density at radius 2 is 1.62 bits per heavy atom. The van der Waals surface area contributed by atoms with E-state index in [1.54, 1.807) is 0 Å². The molecule has 0 saturated carbocycles. The molecule has 0 heterocycles. The predicted molar refractivity (Wildman–Crippen MR) is 129 cm³/mol. The minimum Gasteiger partial charge on any atom is -0.478 e. The van der Waals surface area contributed by atoms with Crippen molar-refractivity contribution >= 4 is 35.3 Å². The Kier molecular flexibility index (Phi) is 6.94. The number of ether oxygens (including phenoxy) is 1. The molecule has 7 nitrogen and oxygen atoms in total. The highest BCUT2D eigenvalue weighted by Gasteiger charge is 2.29. The Labute approximate surface area is 201 Å². The second-order valence-electron chi connectivity index (χ2n) is 7.63. The first-order valence-electron chi connectivity index (χ1n) is 10.5. The van der Waals surface area contributed by atoms with E-state index in [0.29, 0.717) is 5.69 Å². The molecule has 0 fully saturated rings. The van der Waals surface area contributed by atoms with Crippen LogP contribution >= 0.6 is 11.6 Å². The number of rotatable bonds is 7. The molecule has 1 aliphatic rings. The van der Waals surface area contributed by atoms with Gasteiger partial charge < -0.3 is 15.2 Å². The number of hydrogen-bond acceptors (Lipinski definition) is 4. The van der Waals surface area contributed by atoms with Crippen LogP contribution in [-0.2, 0) is 9.53 Å². The van der Waals surface area contributed by atoms with E-state index in [4.69, 9.17) is 21.4 Å². The van der Waals surface area contributed by atoms with E-state index in [1.165, 1.54) is 24.3 Å². The van der Waals surface area contributed by atoms with Gasteiger partial charge in [-0.05, 0) is 40.5 Å². The Morgan fingerprint density at radius 1 is 0.971 bits per heavy atom. The lowest BCUT2D eigenvalue weighted by atomic mass is 9.98. The van der Waals surface area contributed by atoms with E-state index < -0.39 is 18.0 Å². The molecule has 0 aromatic heterocycles. The van der Waals surface area contributed by atoms with Gasteiger partial charge >= 0.3 is 12.1 Å². The summed E-state index contributed by atoms with van der Waals surface area (Å²) in [6.45, 7) is 0.191. The molecule has 0 spiro atoms. The zero-order valence-corrected chi connectivity index (χ0v) is 18.7. The molecule has 4 rings (SSSR count). The van der Waals surface area contributed by atoms with Gasteiger partial charge in [0.1, 0.15) is 6.61 Å². The minimum absolute atomic E-state index is 0.0345. The zero-order valence-electron chi connectivity index (χ0n) is 18.0. The quantitative estimate of drug-likeness (QED) is 0.413. The van der Waals surface area contributed by atoms with Gasteiger partial charge in [-0.3, -0.25) is 10.1 Å². The predicted octanol–water partition coefficient (Wildman–Crippen LogP) is 5.07. The van der Waals surface area contributed by atoms with Gasteiger partial charge in [0.25, 0.3) is 5.91 Å². The fourth-order valence-corrected chi connectivity index (χ4v) is 4.19. The average molecular weight is 477 g/mol. The van der Waals surface area contributed by atoms with Crippen molar-refractivity contribution < 1.29 is 24.2 Å². The van der Waals surface area contributed by atoms with Crippen molar-refractivity contribution in [3.63, 3.8) is 0 Å². The third-order valence-corrected chi connectivity index (χ3v) is 5.61. The largest absolute Gasteiger partial charge is 0.478 e. The second-order valence-corrected chi connectivity index (χ2v) is 8.07. The first kappa shape index (κ1) is 23.1. The number of anilines is 1. The van der Waals surface area contributed by atoms with Crippen molar-refractivity contribution in [2.24, 2.45) is 0 Å². The van der Waals surface area contributed by atoms with Crippen molar-refractivity contribution in [3.8, 4) is 11.1 Å². The average Bonchev–Trinajstić information content (AvgIpc) is 3.13. The minimum atomic E-state index is -1.11. The number of halogens is 1. The molecule has 0 unspecified atom stereocenters. The number of carboxylic acid groups (broad SMARTS) is 1. The van der Waals surface area contributed by atoms with Crippen LogP contribution in [0.15, 0.2) is 78.9 Å². The third-order valence-electron chi connectivity index (χ3n) is 5.39. The molecule has 0 bridgehead atoms. The van der Waals surface area contributed by atoms with Crippen molar-refractivity contribution in [2.75, 3.05) is 18.5 Å². The first-order chi connectivity index (χ1) is 16.4. The fourth-order valence-electron chi connectivity index (χ4n) is 3.96. The van der Waals surface area contributed by atoms with Crippen molar-refractivity contribution in [1.82, 2.24) is 5.32 Å². The number of carboxylic acids is 1. The van der Waals surface area contributed by atoms with Crippen LogP contribution < -0.4 is 10.6 Å². The fraction of sp³-hybridized carbons (Fsp3) is 0.115. The summed E-state index contributed by atoms with van der Waals surface area (Å²) in [6, 6.07) is 20.5. The Hall–Kier alpha value is -4.10. The molecule has 0 saturated heterocycles. The number of hydrogen-bond donors (Lipinski definition) is 3. The first-order valence-corrected chi connectivity index (χ1v) is 10.9. The molecule has 3 N–H and O–H groups in total. The van der Waals surface area contributed by atoms with E-state index in [9.17, 15) is 14.4 Å². The number of amides is 2. The lowest BCUT2D eigenvalue weighted by molar-refractivity contribution is -0.131. The van der Waals surface area contributed by atoms with Crippen LogP contribution in [0.25, 0.3) is 11.1 Å². The zero-order chi connectivity index (χ0) is 24.1. The number of aliphatic carboxylic acids is 1. The Morgan fingerprint density at radius 3 is 2.26 bits per heavy atom. The monoisotopic (exact) mass is 476 g/mol. The van der Waals surface area contributed by atoms with Gasteiger partial charge in [0.15, 0.2) is 0 Å². The maximum atomic E-state index is 12.5. The van der Waals surface area contributed by atoms with Gasteiger partial charge in [-0.15, -0.1) is 0 Å². The van der Waals surface area contributed by atoms with Crippen LogP contribution in [0, 0.1) is 0 Å². The molecule has 0 atom stereocenters. The van der Waals surface area contributed by atoms with Gasteiger partial charge in [-0.25, -0.2) is 9.59 Å². The van der Waals surface area contributed by atoms with Gasteiger partial charge in [-0.1, -0.05) is 66.2 Å². The number of carbonyl (C=O) groups is 3. The smallest absolute Gasteiger partial charge is 0.411 e. The summed E-state index contributed by atoms with van der Waals surface area (Å²) in [6.07, 6.45) is 1.57. The van der Waals surface area contributed by atoms with E-state index in [0.717, 1.165) is 28.3 Å².